The van der Waals surface area contributed by atoms with E-state index in [0.29, 0.717) is 24.4 Å². The van der Waals surface area contributed by atoms with Crippen LogP contribution in [0.1, 0.15) is 45.2 Å². The molecule has 0 amide bonds. The smallest absolute Gasteiger partial charge is 0.232 e. The molecule has 2 atom stereocenters. The summed E-state index contributed by atoms with van der Waals surface area (Å²) >= 11 is 0. The Balaban J connectivity index is 2.81. The first kappa shape index (κ1) is 13.9. The fourth-order valence-electron chi connectivity index (χ4n) is 1.84. The van der Waals surface area contributed by atoms with E-state index in [4.69, 9.17) is 4.74 Å². The lowest BCUT2D eigenvalue weighted by Crippen LogP contribution is -2.29. The number of rotatable bonds is 7. The zero-order chi connectivity index (χ0) is 12.7. The fraction of sp³-hybridized carbons (Fsp3) is 0.692. The second-order valence-corrected chi connectivity index (χ2v) is 4.22. The van der Waals surface area contributed by atoms with Gasteiger partial charge in [-0.25, -0.2) is 4.98 Å². The largest absolute Gasteiger partial charge is 0.477 e. The van der Waals surface area contributed by atoms with Crippen LogP contribution in [-0.4, -0.2) is 29.7 Å². The van der Waals surface area contributed by atoms with Gasteiger partial charge in [0.1, 0.15) is 0 Å². The van der Waals surface area contributed by atoms with Gasteiger partial charge >= 0.3 is 0 Å². The van der Waals surface area contributed by atoms with E-state index in [1.54, 1.807) is 6.20 Å². The summed E-state index contributed by atoms with van der Waals surface area (Å²) in [6.45, 7) is 7.10. The highest BCUT2D eigenvalue weighted by Crippen LogP contribution is 2.22. The Bertz CT molecular complexity index is 330. The summed E-state index contributed by atoms with van der Waals surface area (Å²) in [7, 11) is 1.97. The molecule has 0 saturated heterocycles. The molecular weight excluding hydrogens is 214 g/mol. The molecule has 0 radical (unpaired) electrons. The number of hydrogen-bond acceptors (Lipinski definition) is 4. The molecule has 0 aliphatic heterocycles. The highest BCUT2D eigenvalue weighted by molar-refractivity contribution is 5.13. The Kier molecular flexibility index (Phi) is 5.91. The van der Waals surface area contributed by atoms with Crippen LogP contribution in [0, 0.1) is 0 Å². The number of aromatic nitrogens is 2. The van der Waals surface area contributed by atoms with E-state index in [1.165, 1.54) is 0 Å². The summed E-state index contributed by atoms with van der Waals surface area (Å²) in [4.78, 5) is 8.73. The summed E-state index contributed by atoms with van der Waals surface area (Å²) in [6, 6.07) is 0.385. The van der Waals surface area contributed by atoms with Gasteiger partial charge in [0.05, 0.1) is 18.5 Å². The minimum absolute atomic E-state index is 0.373. The summed E-state index contributed by atoms with van der Waals surface area (Å²) in [5.74, 6) is 1.00. The molecule has 4 heteroatoms. The molecule has 1 heterocycles. The molecule has 1 N–H and O–H groups in total. The van der Waals surface area contributed by atoms with Gasteiger partial charge in [-0.3, -0.25) is 4.98 Å². The van der Waals surface area contributed by atoms with Crippen LogP contribution in [0.4, 0.5) is 0 Å². The van der Waals surface area contributed by atoms with Crippen molar-refractivity contribution in [3.8, 4) is 5.88 Å². The molecule has 0 bridgehead atoms. The maximum atomic E-state index is 5.51. The number of ether oxygens (including phenoxy) is 1. The quantitative estimate of drug-likeness (QED) is 0.791. The first-order valence-corrected chi connectivity index (χ1v) is 6.34. The monoisotopic (exact) mass is 237 g/mol. The molecule has 17 heavy (non-hydrogen) atoms. The molecule has 0 aliphatic rings. The van der Waals surface area contributed by atoms with E-state index in [0.717, 1.165) is 18.5 Å². The zero-order valence-electron chi connectivity index (χ0n) is 11.2. The van der Waals surface area contributed by atoms with Crippen LogP contribution in [-0.2, 0) is 0 Å². The van der Waals surface area contributed by atoms with Gasteiger partial charge in [-0.15, -0.1) is 0 Å². The van der Waals surface area contributed by atoms with E-state index in [9.17, 15) is 0 Å². The number of likely N-dealkylation sites (N-methyl/N-ethyl adjacent to an activating group) is 1. The van der Waals surface area contributed by atoms with E-state index < -0.39 is 0 Å². The van der Waals surface area contributed by atoms with Crippen LogP contribution in [0.3, 0.4) is 0 Å². The third-order valence-corrected chi connectivity index (χ3v) is 2.96. The Morgan fingerprint density at radius 3 is 2.71 bits per heavy atom. The Labute approximate surface area is 104 Å². The van der Waals surface area contributed by atoms with Crippen molar-refractivity contribution in [2.24, 2.45) is 0 Å². The van der Waals surface area contributed by atoms with Crippen LogP contribution < -0.4 is 10.1 Å². The molecule has 0 aliphatic carbocycles. The third-order valence-electron chi connectivity index (χ3n) is 2.96. The number of nitrogens with zero attached hydrogens (tertiary/aromatic N) is 2. The average Bonchev–Trinajstić information content (AvgIpc) is 2.37. The zero-order valence-corrected chi connectivity index (χ0v) is 11.2. The van der Waals surface area contributed by atoms with E-state index in [-0.39, 0.29) is 0 Å². The van der Waals surface area contributed by atoms with Gasteiger partial charge < -0.3 is 10.1 Å². The molecular formula is C13H23N3O. The van der Waals surface area contributed by atoms with E-state index >= 15 is 0 Å². The van der Waals surface area contributed by atoms with Crippen LogP contribution >= 0.6 is 0 Å². The molecule has 1 aromatic rings. The highest BCUT2D eigenvalue weighted by Gasteiger charge is 2.18. The molecule has 0 spiro atoms. The van der Waals surface area contributed by atoms with Crippen molar-refractivity contribution in [3.05, 3.63) is 18.1 Å². The second-order valence-electron chi connectivity index (χ2n) is 4.22. The van der Waals surface area contributed by atoms with Crippen molar-refractivity contribution in [1.82, 2.24) is 15.3 Å². The first-order valence-electron chi connectivity index (χ1n) is 6.34. The minimum atomic E-state index is 0.373. The van der Waals surface area contributed by atoms with Crippen LogP contribution in [0.2, 0.25) is 0 Å². The van der Waals surface area contributed by atoms with Gasteiger partial charge in [0.15, 0.2) is 0 Å². The van der Waals surface area contributed by atoms with Gasteiger partial charge in [-0.05, 0) is 26.8 Å². The van der Waals surface area contributed by atoms with Gasteiger partial charge in [0.25, 0.3) is 0 Å². The molecule has 1 aromatic heterocycles. The van der Waals surface area contributed by atoms with Crippen molar-refractivity contribution < 1.29 is 4.74 Å². The topological polar surface area (TPSA) is 47.0 Å². The van der Waals surface area contributed by atoms with Gasteiger partial charge in [-0.1, -0.05) is 13.8 Å². The fourth-order valence-corrected chi connectivity index (χ4v) is 1.84. The van der Waals surface area contributed by atoms with Gasteiger partial charge in [-0.2, -0.15) is 0 Å². The molecule has 1 rings (SSSR count). The summed E-state index contributed by atoms with van der Waals surface area (Å²) in [5.41, 5.74) is 1.00. The second kappa shape index (κ2) is 7.22. The normalized spacial score (nSPS) is 14.4. The maximum Gasteiger partial charge on any atom is 0.232 e. The van der Waals surface area contributed by atoms with Crippen LogP contribution in [0.15, 0.2) is 12.4 Å². The Hall–Kier alpha value is -1.16. The van der Waals surface area contributed by atoms with Crippen molar-refractivity contribution in [2.45, 2.75) is 45.6 Å². The molecule has 0 saturated carbocycles. The Morgan fingerprint density at radius 2 is 2.12 bits per heavy atom. The predicted octanol–water partition coefficient (Wildman–Crippen LogP) is 2.37. The van der Waals surface area contributed by atoms with Crippen LogP contribution in [0.5, 0.6) is 5.88 Å². The molecule has 0 aromatic carbocycles. The molecule has 0 fully saturated rings. The summed E-state index contributed by atoms with van der Waals surface area (Å²) in [5, 5.41) is 3.27. The predicted molar refractivity (Wildman–Crippen MR) is 69.4 cm³/mol. The van der Waals surface area contributed by atoms with E-state index in [2.05, 4.69) is 36.1 Å². The lowest BCUT2D eigenvalue weighted by molar-refractivity contribution is 0.301. The molecule has 96 valence electrons. The minimum Gasteiger partial charge on any atom is -0.477 e. The maximum absolute atomic E-state index is 5.51. The number of nitrogens with one attached hydrogen (secondary N) is 1. The number of hydrogen-bond donors (Lipinski definition) is 1. The van der Waals surface area contributed by atoms with Crippen molar-refractivity contribution in [2.75, 3.05) is 13.7 Å². The lowest BCUT2D eigenvalue weighted by Gasteiger charge is -2.21. The van der Waals surface area contributed by atoms with Crippen molar-refractivity contribution in [1.29, 1.82) is 0 Å². The molecule has 2 unspecified atom stereocenters. The van der Waals surface area contributed by atoms with Crippen molar-refractivity contribution >= 4 is 0 Å². The van der Waals surface area contributed by atoms with E-state index in [1.807, 2.05) is 13.2 Å². The molecule has 4 nitrogen and oxygen atoms in total. The highest BCUT2D eigenvalue weighted by atomic mass is 16.5. The standard InChI is InChI=1S/C13H23N3O/c1-5-7-17-13-9-15-8-12(16-13)11(6-2)10(3)14-4/h8-11,14H,5-7H2,1-4H3. The summed E-state index contributed by atoms with van der Waals surface area (Å²) in [6.07, 6.45) is 5.53. The van der Waals surface area contributed by atoms with Gasteiger partial charge in [0.2, 0.25) is 5.88 Å². The van der Waals surface area contributed by atoms with Gasteiger partial charge in [0, 0.05) is 18.2 Å². The Morgan fingerprint density at radius 1 is 1.35 bits per heavy atom. The third kappa shape index (κ3) is 3.97. The lowest BCUT2D eigenvalue weighted by atomic mass is 9.95. The SMILES string of the molecule is CCCOc1cncc(C(CC)C(C)NC)n1. The van der Waals surface area contributed by atoms with Crippen LogP contribution in [0.25, 0.3) is 0 Å². The first-order chi connectivity index (χ1) is 8.22. The average molecular weight is 237 g/mol. The summed E-state index contributed by atoms with van der Waals surface area (Å²) < 4.78 is 5.51. The van der Waals surface area contributed by atoms with Crippen molar-refractivity contribution in [3.63, 3.8) is 0 Å².